The highest BCUT2D eigenvalue weighted by molar-refractivity contribution is 7.92. The Labute approximate surface area is 116 Å². The quantitative estimate of drug-likeness (QED) is 0.865. The van der Waals surface area contributed by atoms with E-state index in [0.29, 0.717) is 10.6 Å². The first-order valence-electron chi connectivity index (χ1n) is 7.07. The normalized spacial score (nSPS) is 24.3. The van der Waals surface area contributed by atoms with Gasteiger partial charge in [0.25, 0.3) is 0 Å². The van der Waals surface area contributed by atoms with E-state index in [4.69, 9.17) is 5.73 Å². The number of rotatable bonds is 3. The van der Waals surface area contributed by atoms with Gasteiger partial charge < -0.3 is 5.73 Å². The fourth-order valence-corrected chi connectivity index (χ4v) is 5.49. The highest BCUT2D eigenvalue weighted by Crippen LogP contribution is 2.36. The van der Waals surface area contributed by atoms with Crippen LogP contribution in [0.2, 0.25) is 0 Å². The molecule has 1 aromatic carbocycles. The zero-order valence-corrected chi connectivity index (χ0v) is 12.5. The Morgan fingerprint density at radius 1 is 1.26 bits per heavy atom. The van der Waals surface area contributed by atoms with Crippen LogP contribution in [-0.2, 0) is 9.84 Å². The average molecular weight is 281 g/mol. The van der Waals surface area contributed by atoms with Crippen LogP contribution in [0, 0.1) is 12.8 Å². The average Bonchev–Trinajstić information content (AvgIpc) is 2.41. The maximum atomic E-state index is 12.8. The van der Waals surface area contributed by atoms with Crippen LogP contribution in [-0.4, -0.2) is 13.7 Å². The van der Waals surface area contributed by atoms with Crippen LogP contribution >= 0.6 is 0 Å². The number of sulfone groups is 1. The van der Waals surface area contributed by atoms with Crippen molar-refractivity contribution in [2.75, 3.05) is 5.73 Å². The van der Waals surface area contributed by atoms with Crippen LogP contribution in [0.4, 0.5) is 5.69 Å². The van der Waals surface area contributed by atoms with Crippen molar-refractivity contribution in [3.8, 4) is 0 Å². The van der Waals surface area contributed by atoms with Crippen LogP contribution in [0.3, 0.4) is 0 Å². The van der Waals surface area contributed by atoms with E-state index >= 15 is 0 Å². The lowest BCUT2D eigenvalue weighted by molar-refractivity contribution is 0.348. The van der Waals surface area contributed by atoms with Gasteiger partial charge in [0.05, 0.1) is 15.8 Å². The molecule has 19 heavy (non-hydrogen) atoms. The molecule has 1 aromatic rings. The summed E-state index contributed by atoms with van der Waals surface area (Å²) in [7, 11) is -3.30. The smallest absolute Gasteiger partial charge is 0.183 e. The Hall–Kier alpha value is -1.03. The highest BCUT2D eigenvalue weighted by atomic mass is 32.2. The lowest BCUT2D eigenvalue weighted by Gasteiger charge is -2.30. The standard InChI is InChI=1S/C15H23NO2S/c1-3-12-8-4-5-9-13(12)19(17,18)14-10-6-7-11(2)15(14)16/h6-7,10,12-13H,3-5,8-9,16H2,1-2H3. The van der Waals surface area contributed by atoms with Crippen LogP contribution in [0.5, 0.6) is 0 Å². The molecule has 106 valence electrons. The van der Waals surface area contributed by atoms with Gasteiger partial charge in [-0.1, -0.05) is 38.3 Å². The zero-order valence-electron chi connectivity index (χ0n) is 11.7. The molecule has 0 bridgehead atoms. The summed E-state index contributed by atoms with van der Waals surface area (Å²) in [6, 6.07) is 5.29. The Kier molecular flexibility index (Phi) is 4.19. The van der Waals surface area contributed by atoms with E-state index < -0.39 is 9.84 Å². The largest absolute Gasteiger partial charge is 0.397 e. The van der Waals surface area contributed by atoms with Crippen molar-refractivity contribution in [2.45, 2.75) is 56.1 Å². The lowest BCUT2D eigenvalue weighted by Crippen LogP contribution is -2.33. The van der Waals surface area contributed by atoms with Gasteiger partial charge in [0.1, 0.15) is 0 Å². The Morgan fingerprint density at radius 3 is 2.63 bits per heavy atom. The van der Waals surface area contributed by atoms with Crippen LogP contribution in [0.15, 0.2) is 23.1 Å². The maximum Gasteiger partial charge on any atom is 0.183 e. The number of benzene rings is 1. The summed E-state index contributed by atoms with van der Waals surface area (Å²) >= 11 is 0. The Balaban J connectivity index is 2.44. The summed E-state index contributed by atoms with van der Waals surface area (Å²) in [6.45, 7) is 3.94. The van der Waals surface area contributed by atoms with Crippen LogP contribution in [0.25, 0.3) is 0 Å². The molecule has 0 saturated heterocycles. The minimum atomic E-state index is -3.30. The molecule has 1 aliphatic carbocycles. The molecule has 2 unspecified atom stereocenters. The number of hydrogen-bond donors (Lipinski definition) is 1. The number of nitrogens with two attached hydrogens (primary N) is 1. The first-order chi connectivity index (χ1) is 8.98. The third-order valence-electron chi connectivity index (χ3n) is 4.35. The second-order valence-electron chi connectivity index (χ2n) is 5.52. The minimum Gasteiger partial charge on any atom is -0.397 e. The predicted octanol–water partition coefficient (Wildman–Crippen LogP) is 3.32. The van der Waals surface area contributed by atoms with Crippen molar-refractivity contribution in [2.24, 2.45) is 5.92 Å². The van der Waals surface area contributed by atoms with E-state index in [-0.39, 0.29) is 11.2 Å². The lowest BCUT2D eigenvalue weighted by atomic mass is 9.87. The van der Waals surface area contributed by atoms with E-state index in [1.54, 1.807) is 12.1 Å². The van der Waals surface area contributed by atoms with Gasteiger partial charge >= 0.3 is 0 Å². The molecule has 1 saturated carbocycles. The summed E-state index contributed by atoms with van der Waals surface area (Å²) in [4.78, 5) is 0.331. The third-order valence-corrected chi connectivity index (χ3v) is 6.74. The maximum absolute atomic E-state index is 12.8. The van der Waals surface area contributed by atoms with Crippen molar-refractivity contribution in [1.82, 2.24) is 0 Å². The molecule has 0 amide bonds. The van der Waals surface area contributed by atoms with E-state index in [1.807, 2.05) is 13.0 Å². The van der Waals surface area contributed by atoms with Crippen LogP contribution < -0.4 is 5.73 Å². The predicted molar refractivity (Wildman–Crippen MR) is 78.8 cm³/mol. The molecule has 2 atom stereocenters. The second-order valence-corrected chi connectivity index (χ2v) is 7.66. The summed E-state index contributed by atoms with van der Waals surface area (Å²) in [5.74, 6) is 0.277. The third kappa shape index (κ3) is 2.64. The molecule has 4 heteroatoms. The summed E-state index contributed by atoms with van der Waals surface area (Å²) in [5.41, 5.74) is 7.24. The van der Waals surface area contributed by atoms with Crippen molar-refractivity contribution in [3.05, 3.63) is 23.8 Å². The van der Waals surface area contributed by atoms with E-state index in [2.05, 4.69) is 6.92 Å². The molecular formula is C15H23NO2S. The van der Waals surface area contributed by atoms with E-state index in [0.717, 1.165) is 37.7 Å². The molecule has 0 aromatic heterocycles. The second kappa shape index (κ2) is 5.53. The van der Waals surface area contributed by atoms with Crippen molar-refractivity contribution >= 4 is 15.5 Å². The van der Waals surface area contributed by atoms with E-state index in [9.17, 15) is 8.42 Å². The summed E-state index contributed by atoms with van der Waals surface area (Å²) in [6.07, 6.45) is 4.87. The van der Waals surface area contributed by atoms with Gasteiger partial charge in [-0.25, -0.2) is 8.42 Å². The molecule has 2 N–H and O–H groups in total. The molecule has 1 aliphatic rings. The van der Waals surface area contributed by atoms with E-state index in [1.165, 1.54) is 0 Å². The van der Waals surface area contributed by atoms with Gasteiger partial charge in [-0.2, -0.15) is 0 Å². The molecule has 0 heterocycles. The van der Waals surface area contributed by atoms with Gasteiger partial charge in [0, 0.05) is 0 Å². The molecule has 3 nitrogen and oxygen atoms in total. The van der Waals surface area contributed by atoms with Crippen molar-refractivity contribution < 1.29 is 8.42 Å². The highest BCUT2D eigenvalue weighted by Gasteiger charge is 2.36. The summed E-state index contributed by atoms with van der Waals surface area (Å²) in [5, 5.41) is -0.254. The van der Waals surface area contributed by atoms with Crippen molar-refractivity contribution in [3.63, 3.8) is 0 Å². The van der Waals surface area contributed by atoms with Crippen molar-refractivity contribution in [1.29, 1.82) is 0 Å². The number of aryl methyl sites for hydroxylation is 1. The Bertz CT molecular complexity index is 551. The van der Waals surface area contributed by atoms with Crippen LogP contribution in [0.1, 0.15) is 44.6 Å². The summed E-state index contributed by atoms with van der Waals surface area (Å²) < 4.78 is 25.7. The molecule has 0 aliphatic heterocycles. The van der Waals surface area contributed by atoms with Gasteiger partial charge in [-0.3, -0.25) is 0 Å². The number of anilines is 1. The fourth-order valence-electron chi connectivity index (χ4n) is 3.11. The topological polar surface area (TPSA) is 60.2 Å². The number of hydrogen-bond acceptors (Lipinski definition) is 3. The molecular weight excluding hydrogens is 258 g/mol. The van der Waals surface area contributed by atoms with Gasteiger partial charge in [0.15, 0.2) is 9.84 Å². The number of para-hydroxylation sites is 1. The molecule has 1 fully saturated rings. The zero-order chi connectivity index (χ0) is 14.0. The Morgan fingerprint density at radius 2 is 1.95 bits per heavy atom. The minimum absolute atomic E-state index is 0.254. The number of nitrogen functional groups attached to an aromatic ring is 1. The van der Waals surface area contributed by atoms with Gasteiger partial charge in [0.2, 0.25) is 0 Å². The molecule has 0 radical (unpaired) electrons. The van der Waals surface area contributed by atoms with Gasteiger partial charge in [-0.15, -0.1) is 0 Å². The molecule has 2 rings (SSSR count). The fraction of sp³-hybridized carbons (Fsp3) is 0.600. The molecule has 0 spiro atoms. The monoisotopic (exact) mass is 281 g/mol. The first-order valence-corrected chi connectivity index (χ1v) is 8.62. The first kappa shape index (κ1) is 14.4. The SMILES string of the molecule is CCC1CCCCC1S(=O)(=O)c1cccc(C)c1N. The van der Waals surface area contributed by atoms with Gasteiger partial charge in [-0.05, 0) is 37.3 Å².